The van der Waals surface area contributed by atoms with E-state index in [1.165, 1.54) is 12.1 Å². The summed E-state index contributed by atoms with van der Waals surface area (Å²) in [5.74, 6) is -1.77. The average Bonchev–Trinajstić information content (AvgIpc) is 2.23. The first-order valence-corrected chi connectivity index (χ1v) is 4.23. The summed E-state index contributed by atoms with van der Waals surface area (Å²) in [4.78, 5) is 10.5. The standard InChI is InChI=1S/C10H12FNO3.ClH/c1-15-9-5-6(2-3-7(9)11)4-8(12)10(13)14;/h2-3,5,8H,4,12H2,1H3,(H,13,14);1H/t8-;/m0./s1/i1D;. The zero-order valence-corrected chi connectivity index (χ0v) is 9.17. The van der Waals surface area contributed by atoms with Crippen molar-refractivity contribution in [2.45, 2.75) is 12.5 Å². The topological polar surface area (TPSA) is 72.5 Å². The highest BCUT2D eigenvalue weighted by molar-refractivity contribution is 5.85. The number of aliphatic carboxylic acids is 1. The van der Waals surface area contributed by atoms with Crippen molar-refractivity contribution in [3.63, 3.8) is 0 Å². The molecule has 0 aliphatic rings. The quantitative estimate of drug-likeness (QED) is 0.843. The maximum absolute atomic E-state index is 13.1. The minimum absolute atomic E-state index is 0. The van der Waals surface area contributed by atoms with Crippen molar-refractivity contribution in [3.05, 3.63) is 29.6 Å². The third-order valence-electron chi connectivity index (χ3n) is 1.92. The van der Waals surface area contributed by atoms with Crippen LogP contribution in [0.5, 0.6) is 5.75 Å². The fraction of sp³-hybridized carbons (Fsp3) is 0.300. The normalized spacial score (nSPS) is 12.2. The molecule has 0 aromatic heterocycles. The van der Waals surface area contributed by atoms with Crippen molar-refractivity contribution in [2.75, 3.05) is 7.09 Å². The molecule has 0 heterocycles. The van der Waals surface area contributed by atoms with E-state index in [-0.39, 0.29) is 24.6 Å². The maximum Gasteiger partial charge on any atom is 0.320 e. The average molecular weight is 251 g/mol. The summed E-state index contributed by atoms with van der Waals surface area (Å²) in [6.45, 7) is 0. The van der Waals surface area contributed by atoms with Gasteiger partial charge in [0.25, 0.3) is 0 Å². The first kappa shape index (κ1) is 12.7. The Kier molecular flexibility index (Phi) is 5.01. The Hall–Kier alpha value is -1.33. The van der Waals surface area contributed by atoms with Gasteiger partial charge in [0.2, 0.25) is 0 Å². The number of carboxylic acids is 1. The molecule has 0 aliphatic carbocycles. The summed E-state index contributed by atoms with van der Waals surface area (Å²) in [7, 11) is -0.397. The molecule has 90 valence electrons. The molecule has 0 radical (unpaired) electrons. The lowest BCUT2D eigenvalue weighted by molar-refractivity contribution is -0.138. The van der Waals surface area contributed by atoms with Crippen molar-refractivity contribution >= 4 is 18.4 Å². The minimum atomic E-state index is -1.12. The number of hydrogen-bond donors (Lipinski definition) is 2. The van der Waals surface area contributed by atoms with Crippen LogP contribution in [0.4, 0.5) is 4.39 Å². The SMILES string of the molecule is Cl.[2H]COc1cc(C[C@H](N)C(=O)O)ccc1F. The van der Waals surface area contributed by atoms with E-state index in [0.717, 1.165) is 6.07 Å². The molecule has 4 nitrogen and oxygen atoms in total. The molecule has 6 heteroatoms. The number of methoxy groups -OCH3 is 1. The van der Waals surface area contributed by atoms with Gasteiger partial charge in [0.05, 0.1) is 8.46 Å². The molecule has 1 atom stereocenters. The van der Waals surface area contributed by atoms with Crippen LogP contribution in [0.15, 0.2) is 18.2 Å². The predicted molar refractivity (Wildman–Crippen MR) is 59.5 cm³/mol. The molecule has 1 aromatic carbocycles. The smallest absolute Gasteiger partial charge is 0.320 e. The molecule has 1 aromatic rings. The fourth-order valence-electron chi connectivity index (χ4n) is 1.13. The molecule has 0 spiro atoms. The second-order valence-electron chi connectivity index (χ2n) is 3.06. The lowest BCUT2D eigenvalue weighted by Gasteiger charge is -2.08. The van der Waals surface area contributed by atoms with Crippen molar-refractivity contribution in [2.24, 2.45) is 5.73 Å². The number of rotatable bonds is 4. The highest BCUT2D eigenvalue weighted by Gasteiger charge is 2.13. The zero-order chi connectivity index (χ0) is 12.1. The molecule has 0 fully saturated rings. The van der Waals surface area contributed by atoms with Crippen molar-refractivity contribution in [3.8, 4) is 5.75 Å². The molecule has 0 unspecified atom stereocenters. The van der Waals surface area contributed by atoms with Gasteiger partial charge in [-0.3, -0.25) is 4.79 Å². The molecule has 0 bridgehead atoms. The van der Waals surface area contributed by atoms with Gasteiger partial charge in [0, 0.05) is 0 Å². The molecular formula is C10H13ClFNO3. The number of carbonyl (C=O) groups is 1. The van der Waals surface area contributed by atoms with E-state index >= 15 is 0 Å². The number of nitrogens with two attached hydrogens (primary N) is 1. The van der Waals surface area contributed by atoms with Crippen LogP contribution in [-0.4, -0.2) is 24.2 Å². The van der Waals surface area contributed by atoms with E-state index < -0.39 is 24.9 Å². The van der Waals surface area contributed by atoms with E-state index in [4.69, 9.17) is 16.9 Å². The largest absolute Gasteiger partial charge is 0.494 e. The molecule has 0 aliphatic heterocycles. The minimum Gasteiger partial charge on any atom is -0.494 e. The highest BCUT2D eigenvalue weighted by atomic mass is 35.5. The molecule has 3 N–H and O–H groups in total. The van der Waals surface area contributed by atoms with E-state index in [0.29, 0.717) is 5.56 Å². The summed E-state index contributed by atoms with van der Waals surface area (Å²) >= 11 is 0. The molecule has 16 heavy (non-hydrogen) atoms. The lowest BCUT2D eigenvalue weighted by atomic mass is 10.1. The van der Waals surface area contributed by atoms with Crippen LogP contribution in [-0.2, 0) is 11.2 Å². The number of halogens is 2. The Labute approximate surface area is 100 Å². The van der Waals surface area contributed by atoms with Gasteiger partial charge in [0.1, 0.15) is 6.04 Å². The maximum atomic E-state index is 13.1. The third-order valence-corrected chi connectivity index (χ3v) is 1.92. The van der Waals surface area contributed by atoms with Gasteiger partial charge >= 0.3 is 5.97 Å². The van der Waals surface area contributed by atoms with Crippen molar-refractivity contribution in [1.29, 1.82) is 0 Å². The van der Waals surface area contributed by atoms with Gasteiger partial charge in [-0.2, -0.15) is 0 Å². The molecule has 0 saturated heterocycles. The van der Waals surface area contributed by atoms with Crippen LogP contribution in [0, 0.1) is 5.82 Å². The van der Waals surface area contributed by atoms with Crippen molar-refractivity contribution in [1.82, 2.24) is 0 Å². The fourth-order valence-corrected chi connectivity index (χ4v) is 1.13. The van der Waals surface area contributed by atoms with Crippen LogP contribution in [0.25, 0.3) is 0 Å². The number of benzene rings is 1. The Morgan fingerprint density at radius 1 is 1.75 bits per heavy atom. The summed E-state index contributed by atoms with van der Waals surface area (Å²) < 4.78 is 24.6. The molecule has 0 amide bonds. The summed E-state index contributed by atoms with van der Waals surface area (Å²) in [6, 6.07) is 2.92. The van der Waals surface area contributed by atoms with E-state index in [1.807, 2.05) is 0 Å². The highest BCUT2D eigenvalue weighted by Crippen LogP contribution is 2.18. The summed E-state index contributed by atoms with van der Waals surface area (Å²) in [5, 5.41) is 8.61. The second-order valence-corrected chi connectivity index (χ2v) is 3.06. The second kappa shape index (κ2) is 6.30. The van der Waals surface area contributed by atoms with Gasteiger partial charge in [0.15, 0.2) is 11.6 Å². The Balaban J connectivity index is 0.00000256. The van der Waals surface area contributed by atoms with Crippen LogP contribution < -0.4 is 10.5 Å². The van der Waals surface area contributed by atoms with Crippen LogP contribution in [0.2, 0.25) is 0 Å². The van der Waals surface area contributed by atoms with Crippen LogP contribution in [0.1, 0.15) is 6.93 Å². The first-order chi connectivity index (χ1) is 7.54. The number of carboxylic acid groups (broad SMARTS) is 1. The van der Waals surface area contributed by atoms with Crippen LogP contribution >= 0.6 is 12.4 Å². The molecule has 0 saturated carbocycles. The molecule has 1 rings (SSSR count). The van der Waals surface area contributed by atoms with E-state index in [1.54, 1.807) is 0 Å². The van der Waals surface area contributed by atoms with E-state index in [2.05, 4.69) is 0 Å². The van der Waals surface area contributed by atoms with Gasteiger partial charge in [-0.25, -0.2) is 4.39 Å². The Bertz CT molecular complexity index is 392. The van der Waals surface area contributed by atoms with Gasteiger partial charge < -0.3 is 15.6 Å². The zero-order valence-electron chi connectivity index (χ0n) is 9.35. The first-order valence-electron chi connectivity index (χ1n) is 4.94. The third kappa shape index (κ3) is 3.67. The van der Waals surface area contributed by atoms with Crippen molar-refractivity contribution < 1.29 is 20.4 Å². The number of hydrogen-bond acceptors (Lipinski definition) is 3. The van der Waals surface area contributed by atoms with E-state index in [9.17, 15) is 9.18 Å². The Morgan fingerprint density at radius 3 is 3.00 bits per heavy atom. The summed E-state index contributed by atoms with van der Waals surface area (Å²) in [5.41, 5.74) is 5.89. The monoisotopic (exact) mass is 250 g/mol. The van der Waals surface area contributed by atoms with Crippen LogP contribution in [0.3, 0.4) is 0 Å². The Morgan fingerprint density at radius 2 is 2.44 bits per heavy atom. The van der Waals surface area contributed by atoms with Gasteiger partial charge in [-0.05, 0) is 24.1 Å². The van der Waals surface area contributed by atoms with Gasteiger partial charge in [-0.1, -0.05) is 6.07 Å². The lowest BCUT2D eigenvalue weighted by Crippen LogP contribution is -2.32. The predicted octanol–water partition coefficient (Wildman–Crippen LogP) is 1.21. The molecular weight excluding hydrogens is 237 g/mol. The number of ether oxygens (including phenoxy) is 1. The summed E-state index contributed by atoms with van der Waals surface area (Å²) in [6.07, 6.45) is 0.0873. The van der Waals surface area contributed by atoms with Gasteiger partial charge in [-0.15, -0.1) is 12.4 Å².